The van der Waals surface area contributed by atoms with Crippen LogP contribution in [0.4, 0.5) is 5.69 Å². The fraction of sp³-hybridized carbons (Fsp3) is 0.667. The van der Waals surface area contributed by atoms with Crippen LogP contribution in [0.2, 0.25) is 0 Å². The highest BCUT2D eigenvalue weighted by Crippen LogP contribution is 2.28. The van der Waals surface area contributed by atoms with Crippen molar-refractivity contribution in [3.05, 3.63) is 18.5 Å². The molecule has 116 valence electrons. The maximum Gasteiger partial charge on any atom is 0.295 e. The standard InChI is InChI=1S/C15H23N3O3/c1-12(21-11-19)17-5-4-13(9-17)16-8-15-10-18(6-7-20-15)14-2-3-14/h4-5,9,11-12,14-16H,2-3,6-8,10H2,1H3. The van der Waals surface area contributed by atoms with Crippen LogP contribution in [-0.4, -0.2) is 54.3 Å². The molecule has 1 aromatic rings. The van der Waals surface area contributed by atoms with Crippen LogP contribution in [0, 0.1) is 0 Å². The van der Waals surface area contributed by atoms with Crippen molar-refractivity contribution in [3.8, 4) is 0 Å². The van der Waals surface area contributed by atoms with Crippen molar-refractivity contribution in [1.29, 1.82) is 0 Å². The third-order valence-corrected chi connectivity index (χ3v) is 4.15. The average Bonchev–Trinajstić information content (AvgIpc) is 3.24. The van der Waals surface area contributed by atoms with Gasteiger partial charge in [-0.25, -0.2) is 0 Å². The quantitative estimate of drug-likeness (QED) is 0.771. The summed E-state index contributed by atoms with van der Waals surface area (Å²) in [5.41, 5.74) is 1.02. The highest BCUT2D eigenvalue weighted by molar-refractivity contribution is 5.42. The summed E-state index contributed by atoms with van der Waals surface area (Å²) in [6.45, 7) is 6.02. The van der Waals surface area contributed by atoms with Gasteiger partial charge in [0.1, 0.15) is 0 Å². The number of morpholine rings is 1. The van der Waals surface area contributed by atoms with E-state index in [1.807, 2.05) is 30.0 Å². The van der Waals surface area contributed by atoms with Crippen molar-refractivity contribution >= 4 is 12.2 Å². The highest BCUT2D eigenvalue weighted by Gasteiger charge is 2.32. The van der Waals surface area contributed by atoms with Gasteiger partial charge in [0.25, 0.3) is 6.47 Å². The molecule has 3 rings (SSSR count). The maximum absolute atomic E-state index is 10.3. The summed E-state index contributed by atoms with van der Waals surface area (Å²) in [5.74, 6) is 0. The van der Waals surface area contributed by atoms with Crippen molar-refractivity contribution in [2.45, 2.75) is 38.1 Å². The average molecular weight is 293 g/mol. The van der Waals surface area contributed by atoms with E-state index < -0.39 is 0 Å². The Labute approximate surface area is 125 Å². The summed E-state index contributed by atoms with van der Waals surface area (Å²) < 4.78 is 12.6. The number of nitrogens with zero attached hydrogens (tertiary/aromatic N) is 2. The zero-order chi connectivity index (χ0) is 14.7. The van der Waals surface area contributed by atoms with E-state index in [1.165, 1.54) is 12.8 Å². The molecule has 1 saturated carbocycles. The van der Waals surface area contributed by atoms with E-state index in [9.17, 15) is 4.79 Å². The molecule has 0 spiro atoms. The number of rotatable bonds is 7. The van der Waals surface area contributed by atoms with Gasteiger partial charge in [0.05, 0.1) is 18.4 Å². The zero-order valence-electron chi connectivity index (χ0n) is 12.4. The Morgan fingerprint density at radius 2 is 2.43 bits per heavy atom. The lowest BCUT2D eigenvalue weighted by Gasteiger charge is -2.33. The normalized spacial score (nSPS) is 24.5. The predicted octanol–water partition coefficient (Wildman–Crippen LogP) is 1.45. The monoisotopic (exact) mass is 293 g/mol. The van der Waals surface area contributed by atoms with Gasteiger partial charge in [-0.05, 0) is 25.8 Å². The molecule has 21 heavy (non-hydrogen) atoms. The SMILES string of the molecule is CC(OC=O)n1ccc(NCC2CN(C3CC3)CCO2)c1. The van der Waals surface area contributed by atoms with Crippen LogP contribution in [0.15, 0.2) is 18.5 Å². The molecule has 2 unspecified atom stereocenters. The van der Waals surface area contributed by atoms with E-state index in [0.717, 1.165) is 38.0 Å². The first-order valence-corrected chi connectivity index (χ1v) is 7.62. The Hall–Kier alpha value is -1.53. The number of aromatic nitrogens is 1. The molecule has 2 aliphatic rings. The first-order valence-electron chi connectivity index (χ1n) is 7.62. The van der Waals surface area contributed by atoms with Crippen molar-refractivity contribution in [1.82, 2.24) is 9.47 Å². The van der Waals surface area contributed by atoms with Crippen LogP contribution in [0.3, 0.4) is 0 Å². The van der Waals surface area contributed by atoms with E-state index in [4.69, 9.17) is 9.47 Å². The van der Waals surface area contributed by atoms with Crippen LogP contribution in [0.1, 0.15) is 26.0 Å². The largest absolute Gasteiger partial charge is 0.444 e. The molecular weight excluding hydrogens is 270 g/mol. The molecule has 0 radical (unpaired) electrons. The smallest absolute Gasteiger partial charge is 0.295 e. The molecule has 1 aliphatic carbocycles. The van der Waals surface area contributed by atoms with E-state index >= 15 is 0 Å². The van der Waals surface area contributed by atoms with Crippen molar-refractivity contribution in [2.24, 2.45) is 0 Å². The Kier molecular flexibility index (Phi) is 4.45. The number of hydrogen-bond acceptors (Lipinski definition) is 5. The minimum absolute atomic E-state index is 0.242. The van der Waals surface area contributed by atoms with Crippen molar-refractivity contribution < 1.29 is 14.3 Å². The fourth-order valence-electron chi connectivity index (χ4n) is 2.76. The predicted molar refractivity (Wildman–Crippen MR) is 79.1 cm³/mol. The second-order valence-corrected chi connectivity index (χ2v) is 5.78. The second-order valence-electron chi connectivity index (χ2n) is 5.78. The molecule has 6 heteroatoms. The first-order chi connectivity index (χ1) is 10.3. The van der Waals surface area contributed by atoms with E-state index in [1.54, 1.807) is 0 Å². The van der Waals surface area contributed by atoms with Crippen LogP contribution < -0.4 is 5.32 Å². The lowest BCUT2D eigenvalue weighted by molar-refractivity contribution is -0.136. The summed E-state index contributed by atoms with van der Waals surface area (Å²) in [7, 11) is 0. The Morgan fingerprint density at radius 3 is 3.19 bits per heavy atom. The molecule has 2 heterocycles. The summed E-state index contributed by atoms with van der Waals surface area (Å²) in [6, 6.07) is 2.78. The first kappa shape index (κ1) is 14.4. The van der Waals surface area contributed by atoms with Gasteiger partial charge in [0.15, 0.2) is 6.23 Å². The molecule has 1 N–H and O–H groups in total. The molecule has 0 amide bonds. The Morgan fingerprint density at radius 1 is 1.57 bits per heavy atom. The molecule has 1 saturated heterocycles. The summed E-state index contributed by atoms with van der Waals surface area (Å²) in [5, 5.41) is 3.40. The number of carbonyl (C=O) groups excluding carboxylic acids is 1. The summed E-state index contributed by atoms with van der Waals surface area (Å²) in [4.78, 5) is 12.9. The molecule has 1 aliphatic heterocycles. The van der Waals surface area contributed by atoms with Gasteiger partial charge in [-0.1, -0.05) is 0 Å². The van der Waals surface area contributed by atoms with Gasteiger partial charge >= 0.3 is 0 Å². The maximum atomic E-state index is 10.3. The number of hydrogen-bond donors (Lipinski definition) is 1. The fourth-order valence-corrected chi connectivity index (χ4v) is 2.76. The third kappa shape index (κ3) is 3.77. The van der Waals surface area contributed by atoms with Crippen LogP contribution in [-0.2, 0) is 14.3 Å². The van der Waals surface area contributed by atoms with E-state index in [0.29, 0.717) is 6.47 Å². The number of nitrogens with one attached hydrogen (secondary N) is 1. The Bertz CT molecular complexity index is 472. The molecule has 1 aromatic heterocycles. The molecule has 0 aromatic carbocycles. The molecule has 6 nitrogen and oxygen atoms in total. The molecule has 0 bridgehead atoms. The van der Waals surface area contributed by atoms with Gasteiger partial charge in [0.2, 0.25) is 0 Å². The van der Waals surface area contributed by atoms with Gasteiger partial charge in [-0.15, -0.1) is 0 Å². The minimum atomic E-state index is -0.283. The zero-order valence-corrected chi connectivity index (χ0v) is 12.4. The highest BCUT2D eigenvalue weighted by atomic mass is 16.5. The number of anilines is 1. The second kappa shape index (κ2) is 6.49. The van der Waals surface area contributed by atoms with E-state index in [-0.39, 0.29) is 12.3 Å². The van der Waals surface area contributed by atoms with Gasteiger partial charge in [0, 0.05) is 38.1 Å². The summed E-state index contributed by atoms with van der Waals surface area (Å²) >= 11 is 0. The lowest BCUT2D eigenvalue weighted by atomic mass is 10.2. The van der Waals surface area contributed by atoms with Gasteiger partial charge in [-0.3, -0.25) is 9.69 Å². The van der Waals surface area contributed by atoms with Crippen molar-refractivity contribution in [3.63, 3.8) is 0 Å². The molecule has 2 fully saturated rings. The summed E-state index contributed by atoms with van der Waals surface area (Å²) in [6.07, 6.45) is 6.49. The van der Waals surface area contributed by atoms with E-state index in [2.05, 4.69) is 10.2 Å². The van der Waals surface area contributed by atoms with Gasteiger partial charge < -0.3 is 19.4 Å². The number of ether oxygens (including phenoxy) is 2. The Balaban J connectivity index is 1.47. The van der Waals surface area contributed by atoms with Crippen LogP contribution >= 0.6 is 0 Å². The number of carbonyl (C=O) groups is 1. The molecule has 2 atom stereocenters. The molecular formula is C15H23N3O3. The minimum Gasteiger partial charge on any atom is -0.444 e. The third-order valence-electron chi connectivity index (χ3n) is 4.15. The van der Waals surface area contributed by atoms with Crippen molar-refractivity contribution in [2.75, 3.05) is 31.6 Å². The topological polar surface area (TPSA) is 55.7 Å². The lowest BCUT2D eigenvalue weighted by Crippen LogP contribution is -2.46. The van der Waals surface area contributed by atoms with Crippen LogP contribution in [0.5, 0.6) is 0 Å². The van der Waals surface area contributed by atoms with Crippen LogP contribution in [0.25, 0.3) is 0 Å². The van der Waals surface area contributed by atoms with Gasteiger partial charge in [-0.2, -0.15) is 0 Å².